The van der Waals surface area contributed by atoms with E-state index in [4.69, 9.17) is 11.6 Å². The number of halogens is 1. The normalized spacial score (nSPS) is 15.8. The average molecular weight is 491 g/mol. The van der Waals surface area contributed by atoms with Gasteiger partial charge in [0.1, 0.15) is 0 Å². The highest BCUT2D eigenvalue weighted by Crippen LogP contribution is 2.34. The van der Waals surface area contributed by atoms with E-state index in [1.54, 1.807) is 6.07 Å². The molecule has 2 atom stereocenters. The molecule has 0 aromatic heterocycles. The molecule has 3 aromatic rings. The SMILES string of the molecule is C[C@H](CNC1c2ccccc2NC(=O)c2ccccc21)Nc1ccc(NC(=O)C(C)(C)C)cc1Cl. The van der Waals surface area contributed by atoms with Gasteiger partial charge in [0.05, 0.1) is 16.8 Å². The third-order valence-corrected chi connectivity index (χ3v) is 6.29. The van der Waals surface area contributed by atoms with Gasteiger partial charge in [0.2, 0.25) is 5.91 Å². The fourth-order valence-electron chi connectivity index (χ4n) is 4.03. The van der Waals surface area contributed by atoms with Crippen LogP contribution in [0.4, 0.5) is 17.1 Å². The zero-order valence-corrected chi connectivity index (χ0v) is 21.2. The molecule has 35 heavy (non-hydrogen) atoms. The van der Waals surface area contributed by atoms with E-state index in [0.29, 0.717) is 22.8 Å². The summed E-state index contributed by atoms with van der Waals surface area (Å²) < 4.78 is 0. The number of carbonyl (C=O) groups is 2. The minimum Gasteiger partial charge on any atom is -0.380 e. The van der Waals surface area contributed by atoms with Crippen molar-refractivity contribution in [3.8, 4) is 0 Å². The lowest BCUT2D eigenvalue weighted by molar-refractivity contribution is -0.123. The third kappa shape index (κ3) is 5.66. The summed E-state index contributed by atoms with van der Waals surface area (Å²) in [5.41, 5.74) is 4.40. The number of amides is 2. The number of rotatable bonds is 6. The molecule has 0 saturated heterocycles. The van der Waals surface area contributed by atoms with Crippen LogP contribution in [0.3, 0.4) is 0 Å². The van der Waals surface area contributed by atoms with Gasteiger partial charge in [0.15, 0.2) is 0 Å². The van der Waals surface area contributed by atoms with Gasteiger partial charge >= 0.3 is 0 Å². The van der Waals surface area contributed by atoms with Gasteiger partial charge in [-0.1, -0.05) is 68.8 Å². The molecule has 1 aliphatic heterocycles. The van der Waals surface area contributed by atoms with Crippen LogP contribution >= 0.6 is 11.6 Å². The Morgan fingerprint density at radius 2 is 1.71 bits per heavy atom. The molecule has 0 spiro atoms. The van der Waals surface area contributed by atoms with Gasteiger partial charge < -0.3 is 21.3 Å². The van der Waals surface area contributed by atoms with E-state index in [-0.39, 0.29) is 23.9 Å². The second-order valence-electron chi connectivity index (χ2n) is 9.91. The Kier molecular flexibility index (Phi) is 7.15. The van der Waals surface area contributed by atoms with Crippen molar-refractivity contribution in [2.24, 2.45) is 5.41 Å². The van der Waals surface area contributed by atoms with Crippen molar-refractivity contribution in [1.29, 1.82) is 0 Å². The zero-order valence-electron chi connectivity index (χ0n) is 20.4. The minimum absolute atomic E-state index is 0.0359. The molecule has 0 saturated carbocycles. The standard InChI is InChI=1S/C28H31ClN4O2/c1-17(31-24-14-13-18(15-22(24)29)32-27(35)28(2,3)4)16-30-25-19-9-5-6-10-20(19)26(34)33-23-12-8-7-11-21(23)25/h5-15,17,25,30-31H,16H2,1-4H3,(H,32,35)(H,33,34)/t17-,25?/m1/s1. The van der Waals surface area contributed by atoms with Gasteiger partial charge in [0.25, 0.3) is 5.91 Å². The number of carbonyl (C=O) groups excluding carboxylic acids is 2. The summed E-state index contributed by atoms with van der Waals surface area (Å²) in [6.07, 6.45) is 0. The van der Waals surface area contributed by atoms with E-state index in [1.807, 2.05) is 81.4 Å². The molecule has 0 bridgehead atoms. The first-order valence-corrected chi connectivity index (χ1v) is 12.1. The number of para-hydroxylation sites is 1. The lowest BCUT2D eigenvalue weighted by Gasteiger charge is -2.24. The molecule has 182 valence electrons. The number of fused-ring (bicyclic) bond motifs is 2. The molecular weight excluding hydrogens is 460 g/mol. The fourth-order valence-corrected chi connectivity index (χ4v) is 4.27. The molecule has 1 aliphatic rings. The summed E-state index contributed by atoms with van der Waals surface area (Å²) in [6.45, 7) is 8.29. The maximum atomic E-state index is 12.8. The van der Waals surface area contributed by atoms with E-state index < -0.39 is 5.41 Å². The van der Waals surface area contributed by atoms with E-state index >= 15 is 0 Å². The molecule has 3 aromatic carbocycles. The Morgan fingerprint density at radius 1 is 1.03 bits per heavy atom. The van der Waals surface area contributed by atoms with Crippen molar-refractivity contribution in [2.45, 2.75) is 39.8 Å². The van der Waals surface area contributed by atoms with E-state index in [0.717, 1.165) is 22.5 Å². The first-order chi connectivity index (χ1) is 16.6. The predicted octanol–water partition coefficient (Wildman–Crippen LogP) is 6.07. The monoisotopic (exact) mass is 490 g/mol. The largest absolute Gasteiger partial charge is 0.380 e. The van der Waals surface area contributed by atoms with Crippen LogP contribution < -0.4 is 21.3 Å². The van der Waals surface area contributed by atoms with Crippen molar-refractivity contribution >= 4 is 40.5 Å². The Labute approximate surface area is 211 Å². The number of hydrogen-bond donors (Lipinski definition) is 4. The highest BCUT2D eigenvalue weighted by molar-refractivity contribution is 6.33. The molecule has 0 aliphatic carbocycles. The van der Waals surface area contributed by atoms with Crippen LogP contribution in [0.5, 0.6) is 0 Å². The van der Waals surface area contributed by atoms with Crippen LogP contribution in [0, 0.1) is 5.41 Å². The zero-order chi connectivity index (χ0) is 25.2. The van der Waals surface area contributed by atoms with Crippen molar-refractivity contribution in [3.63, 3.8) is 0 Å². The molecule has 0 fully saturated rings. The lowest BCUT2D eigenvalue weighted by atomic mass is 9.94. The fraction of sp³-hybridized carbons (Fsp3) is 0.286. The van der Waals surface area contributed by atoms with Crippen LogP contribution in [0.2, 0.25) is 5.02 Å². The molecule has 1 heterocycles. The number of hydrogen-bond acceptors (Lipinski definition) is 4. The van der Waals surface area contributed by atoms with Gasteiger partial charge in [-0.25, -0.2) is 0 Å². The summed E-state index contributed by atoms with van der Waals surface area (Å²) in [5.74, 6) is -0.169. The molecular formula is C28H31ClN4O2. The van der Waals surface area contributed by atoms with E-state index in [1.165, 1.54) is 0 Å². The van der Waals surface area contributed by atoms with Crippen LogP contribution in [0.15, 0.2) is 66.7 Å². The Bertz CT molecular complexity index is 1250. The van der Waals surface area contributed by atoms with Gasteiger partial charge in [-0.05, 0) is 48.4 Å². The topological polar surface area (TPSA) is 82.3 Å². The number of benzene rings is 3. The van der Waals surface area contributed by atoms with Crippen molar-refractivity contribution in [3.05, 3.63) is 88.4 Å². The van der Waals surface area contributed by atoms with E-state index in [2.05, 4.69) is 28.2 Å². The summed E-state index contributed by atoms with van der Waals surface area (Å²) in [7, 11) is 0. The highest BCUT2D eigenvalue weighted by atomic mass is 35.5. The second kappa shape index (κ2) is 10.1. The Morgan fingerprint density at radius 3 is 2.43 bits per heavy atom. The smallest absolute Gasteiger partial charge is 0.256 e. The quantitative estimate of drug-likeness (QED) is 0.338. The molecule has 1 unspecified atom stereocenters. The Balaban J connectivity index is 1.47. The maximum Gasteiger partial charge on any atom is 0.256 e. The molecule has 4 rings (SSSR count). The van der Waals surface area contributed by atoms with Crippen LogP contribution in [0.1, 0.15) is 55.2 Å². The minimum atomic E-state index is -0.487. The van der Waals surface area contributed by atoms with Gasteiger partial charge in [-0.15, -0.1) is 0 Å². The van der Waals surface area contributed by atoms with Crippen LogP contribution in [-0.4, -0.2) is 24.4 Å². The molecule has 6 nitrogen and oxygen atoms in total. The summed E-state index contributed by atoms with van der Waals surface area (Å²) in [6, 6.07) is 20.9. The van der Waals surface area contributed by atoms with E-state index in [9.17, 15) is 9.59 Å². The van der Waals surface area contributed by atoms with Crippen molar-refractivity contribution < 1.29 is 9.59 Å². The number of nitrogens with one attached hydrogen (secondary N) is 4. The maximum absolute atomic E-state index is 12.8. The van der Waals surface area contributed by atoms with Crippen LogP contribution in [0.25, 0.3) is 0 Å². The van der Waals surface area contributed by atoms with Gasteiger partial charge in [-0.2, -0.15) is 0 Å². The molecule has 7 heteroatoms. The predicted molar refractivity (Wildman–Crippen MR) is 143 cm³/mol. The highest BCUT2D eigenvalue weighted by Gasteiger charge is 2.27. The Hall–Kier alpha value is -3.35. The summed E-state index contributed by atoms with van der Waals surface area (Å²) in [5, 5.41) is 13.5. The first-order valence-electron chi connectivity index (χ1n) is 11.7. The number of anilines is 3. The molecule has 2 amide bonds. The summed E-state index contributed by atoms with van der Waals surface area (Å²) >= 11 is 6.51. The van der Waals surface area contributed by atoms with Gasteiger partial charge in [0, 0.05) is 34.9 Å². The third-order valence-electron chi connectivity index (χ3n) is 5.97. The first kappa shape index (κ1) is 24.8. The van der Waals surface area contributed by atoms with Gasteiger partial charge in [-0.3, -0.25) is 9.59 Å². The second-order valence-corrected chi connectivity index (χ2v) is 10.3. The molecule has 0 radical (unpaired) electrons. The lowest BCUT2D eigenvalue weighted by Crippen LogP contribution is -2.34. The molecule has 4 N–H and O–H groups in total. The van der Waals surface area contributed by atoms with Crippen molar-refractivity contribution in [2.75, 3.05) is 22.5 Å². The summed E-state index contributed by atoms with van der Waals surface area (Å²) in [4.78, 5) is 25.0. The van der Waals surface area contributed by atoms with Crippen molar-refractivity contribution in [1.82, 2.24) is 5.32 Å². The van der Waals surface area contributed by atoms with Crippen LogP contribution in [-0.2, 0) is 4.79 Å². The average Bonchev–Trinajstić information content (AvgIpc) is 2.93.